The number of hydrogen-bond donors (Lipinski definition) is 1. The number of benzene rings is 2. The first-order chi connectivity index (χ1) is 17.0. The van der Waals surface area contributed by atoms with Gasteiger partial charge in [-0.3, -0.25) is 9.59 Å². The lowest BCUT2D eigenvalue weighted by atomic mass is 10.1. The van der Waals surface area contributed by atoms with Gasteiger partial charge in [-0.25, -0.2) is 0 Å². The molecule has 0 bridgehead atoms. The molecule has 3 aromatic rings. The standard InChI is InChI=1S/C28H37N3O4/c1-4-8-27(32)31(17-18-34-3)21-28(33)30(20-22-11-13-24(14-12-22)35-5-2)16-15-23-19-29-26-10-7-6-9-25(23)26/h6-7,9-14,19,29H,4-5,8,15-18,20-21H2,1-3H3. The second kappa shape index (κ2) is 13.5. The number of rotatable bonds is 14. The maximum atomic E-state index is 13.5. The maximum absolute atomic E-state index is 13.5. The van der Waals surface area contributed by atoms with E-state index in [4.69, 9.17) is 9.47 Å². The molecule has 0 fully saturated rings. The summed E-state index contributed by atoms with van der Waals surface area (Å²) in [6.45, 7) is 6.39. The minimum absolute atomic E-state index is 0.0180. The molecule has 0 atom stereocenters. The lowest BCUT2D eigenvalue weighted by Gasteiger charge is -2.28. The van der Waals surface area contributed by atoms with Gasteiger partial charge in [0.25, 0.3) is 0 Å². The Morgan fingerprint density at radius 1 is 0.943 bits per heavy atom. The van der Waals surface area contributed by atoms with E-state index < -0.39 is 0 Å². The van der Waals surface area contributed by atoms with Gasteiger partial charge >= 0.3 is 0 Å². The molecule has 1 heterocycles. The van der Waals surface area contributed by atoms with Crippen LogP contribution in [0.5, 0.6) is 5.75 Å². The quantitative estimate of drug-likeness (QED) is 0.372. The van der Waals surface area contributed by atoms with Crippen molar-refractivity contribution in [3.05, 3.63) is 65.9 Å². The Bertz CT molecular complexity index is 1080. The van der Waals surface area contributed by atoms with Gasteiger partial charge < -0.3 is 24.3 Å². The zero-order valence-electron chi connectivity index (χ0n) is 21.1. The van der Waals surface area contributed by atoms with E-state index in [0.717, 1.165) is 23.3 Å². The average Bonchev–Trinajstić information content (AvgIpc) is 3.28. The van der Waals surface area contributed by atoms with Crippen molar-refractivity contribution in [2.75, 3.05) is 40.0 Å². The molecule has 3 rings (SSSR count). The number of fused-ring (bicyclic) bond motifs is 1. The number of hydrogen-bond acceptors (Lipinski definition) is 4. The highest BCUT2D eigenvalue weighted by atomic mass is 16.5. The summed E-state index contributed by atoms with van der Waals surface area (Å²) in [6, 6.07) is 16.0. The highest BCUT2D eigenvalue weighted by Gasteiger charge is 2.21. The van der Waals surface area contributed by atoms with Gasteiger partial charge in [0.2, 0.25) is 11.8 Å². The van der Waals surface area contributed by atoms with E-state index in [1.165, 1.54) is 10.9 Å². The van der Waals surface area contributed by atoms with Crippen molar-refractivity contribution in [3.63, 3.8) is 0 Å². The van der Waals surface area contributed by atoms with Gasteiger partial charge in [0.15, 0.2) is 0 Å². The van der Waals surface area contributed by atoms with Gasteiger partial charge in [0, 0.05) is 50.3 Å². The third-order valence-corrected chi connectivity index (χ3v) is 5.99. The third-order valence-electron chi connectivity index (χ3n) is 5.99. The van der Waals surface area contributed by atoms with Crippen LogP contribution in [-0.4, -0.2) is 66.6 Å². The monoisotopic (exact) mass is 479 g/mol. The highest BCUT2D eigenvalue weighted by molar-refractivity contribution is 5.85. The first-order valence-corrected chi connectivity index (χ1v) is 12.4. The van der Waals surface area contributed by atoms with E-state index in [2.05, 4.69) is 17.1 Å². The van der Waals surface area contributed by atoms with Gasteiger partial charge in [-0.05, 0) is 49.1 Å². The molecule has 0 aliphatic rings. The zero-order valence-corrected chi connectivity index (χ0v) is 21.1. The van der Waals surface area contributed by atoms with Crippen LogP contribution < -0.4 is 4.74 Å². The smallest absolute Gasteiger partial charge is 0.242 e. The number of nitrogens with zero attached hydrogens (tertiary/aromatic N) is 2. The van der Waals surface area contributed by atoms with E-state index in [9.17, 15) is 9.59 Å². The van der Waals surface area contributed by atoms with Crippen molar-refractivity contribution in [1.82, 2.24) is 14.8 Å². The Kier molecular flexibility index (Phi) is 10.2. The fraction of sp³-hybridized carbons (Fsp3) is 0.429. The van der Waals surface area contributed by atoms with Crippen LogP contribution in [0.1, 0.15) is 37.8 Å². The molecule has 0 spiro atoms. The summed E-state index contributed by atoms with van der Waals surface area (Å²) >= 11 is 0. The van der Waals surface area contributed by atoms with Gasteiger partial charge in [-0.15, -0.1) is 0 Å². The van der Waals surface area contributed by atoms with E-state index in [0.29, 0.717) is 45.7 Å². The number of H-pyrrole nitrogens is 1. The molecule has 0 aliphatic carbocycles. The second-order valence-corrected chi connectivity index (χ2v) is 8.56. The normalized spacial score (nSPS) is 10.9. The Balaban J connectivity index is 1.76. The molecule has 1 aromatic heterocycles. The SMILES string of the molecule is CCCC(=O)N(CCOC)CC(=O)N(CCc1c[nH]c2ccccc12)Cc1ccc(OCC)cc1. The second-order valence-electron chi connectivity index (χ2n) is 8.56. The maximum Gasteiger partial charge on any atom is 0.242 e. The van der Waals surface area contributed by atoms with Crippen LogP contribution in [0, 0.1) is 0 Å². The van der Waals surface area contributed by atoms with Gasteiger partial charge in [0.05, 0.1) is 19.8 Å². The van der Waals surface area contributed by atoms with E-state index in [1.54, 1.807) is 12.0 Å². The molecule has 0 aliphatic heterocycles. The first-order valence-electron chi connectivity index (χ1n) is 12.4. The fourth-order valence-electron chi connectivity index (χ4n) is 4.09. The van der Waals surface area contributed by atoms with Crippen LogP contribution in [0.15, 0.2) is 54.7 Å². The van der Waals surface area contributed by atoms with Gasteiger partial charge in [-0.2, -0.15) is 0 Å². The number of aromatic nitrogens is 1. The molecule has 2 aromatic carbocycles. The number of aromatic amines is 1. The lowest BCUT2D eigenvalue weighted by Crippen LogP contribution is -2.44. The molecule has 35 heavy (non-hydrogen) atoms. The van der Waals surface area contributed by atoms with Crippen molar-refractivity contribution in [2.24, 2.45) is 0 Å². The van der Waals surface area contributed by atoms with E-state index in [-0.39, 0.29) is 18.4 Å². The van der Waals surface area contributed by atoms with Gasteiger partial charge in [-0.1, -0.05) is 37.3 Å². The number of para-hydroxylation sites is 1. The largest absolute Gasteiger partial charge is 0.494 e. The summed E-state index contributed by atoms with van der Waals surface area (Å²) in [6.07, 6.45) is 3.89. The molecule has 7 nitrogen and oxygen atoms in total. The van der Waals surface area contributed by atoms with Crippen molar-refractivity contribution < 1.29 is 19.1 Å². The highest BCUT2D eigenvalue weighted by Crippen LogP contribution is 2.19. The molecule has 188 valence electrons. The molecule has 2 amide bonds. The molecule has 7 heteroatoms. The molecule has 0 saturated carbocycles. The molecule has 1 N–H and O–H groups in total. The van der Waals surface area contributed by atoms with Crippen LogP contribution >= 0.6 is 0 Å². The summed E-state index contributed by atoms with van der Waals surface area (Å²) in [7, 11) is 1.60. The molecule has 0 unspecified atom stereocenters. The summed E-state index contributed by atoms with van der Waals surface area (Å²) < 4.78 is 10.7. The summed E-state index contributed by atoms with van der Waals surface area (Å²) in [5.74, 6) is 0.721. The van der Waals surface area contributed by atoms with Crippen molar-refractivity contribution in [3.8, 4) is 5.75 Å². The van der Waals surface area contributed by atoms with E-state index in [1.807, 2.05) is 61.3 Å². The van der Waals surface area contributed by atoms with Crippen LogP contribution in [0.25, 0.3) is 10.9 Å². The Morgan fingerprint density at radius 2 is 1.71 bits per heavy atom. The summed E-state index contributed by atoms with van der Waals surface area (Å²) in [5.41, 5.74) is 3.27. The van der Waals surface area contributed by atoms with Crippen molar-refractivity contribution in [1.29, 1.82) is 0 Å². The topological polar surface area (TPSA) is 74.9 Å². The number of amides is 2. The van der Waals surface area contributed by atoms with Crippen molar-refractivity contribution in [2.45, 2.75) is 39.7 Å². The Labute approximate surface area is 208 Å². The molecular weight excluding hydrogens is 442 g/mol. The van der Waals surface area contributed by atoms with Gasteiger partial charge in [0.1, 0.15) is 5.75 Å². The summed E-state index contributed by atoms with van der Waals surface area (Å²) in [5, 5.41) is 1.17. The fourth-order valence-corrected chi connectivity index (χ4v) is 4.09. The third kappa shape index (κ3) is 7.59. The number of carbonyl (C=O) groups is 2. The molecule has 0 radical (unpaired) electrons. The zero-order chi connectivity index (χ0) is 25.0. The van der Waals surface area contributed by atoms with Crippen LogP contribution in [-0.2, 0) is 27.3 Å². The first kappa shape index (κ1) is 26.3. The lowest BCUT2D eigenvalue weighted by molar-refractivity contribution is -0.141. The van der Waals surface area contributed by atoms with Crippen LogP contribution in [0.3, 0.4) is 0 Å². The van der Waals surface area contributed by atoms with Crippen LogP contribution in [0.2, 0.25) is 0 Å². The van der Waals surface area contributed by atoms with Crippen molar-refractivity contribution >= 4 is 22.7 Å². The predicted octanol–water partition coefficient (Wildman–Crippen LogP) is 4.41. The number of nitrogens with one attached hydrogen (secondary N) is 1. The number of methoxy groups -OCH3 is 1. The number of ether oxygens (including phenoxy) is 2. The number of carbonyl (C=O) groups excluding carboxylic acids is 2. The Hall–Kier alpha value is -3.32. The van der Waals surface area contributed by atoms with E-state index >= 15 is 0 Å². The Morgan fingerprint density at radius 3 is 2.43 bits per heavy atom. The minimum Gasteiger partial charge on any atom is -0.494 e. The predicted molar refractivity (Wildman–Crippen MR) is 138 cm³/mol. The summed E-state index contributed by atoms with van der Waals surface area (Å²) in [4.78, 5) is 32.9. The van der Waals surface area contributed by atoms with Crippen LogP contribution in [0.4, 0.5) is 0 Å². The molecular formula is C28H37N3O4. The average molecular weight is 480 g/mol. The molecule has 0 saturated heterocycles. The minimum atomic E-state index is -0.0701.